The summed E-state index contributed by atoms with van der Waals surface area (Å²) in [7, 11) is 0. The van der Waals surface area contributed by atoms with Gasteiger partial charge in [0.25, 0.3) is 0 Å². The quantitative estimate of drug-likeness (QED) is 0.826. The fourth-order valence-corrected chi connectivity index (χ4v) is 3.27. The van der Waals surface area contributed by atoms with Crippen LogP contribution in [0.15, 0.2) is 6.07 Å². The highest BCUT2D eigenvalue weighted by Gasteiger charge is 2.49. The largest absolute Gasteiger partial charge is 0.485 e. The average Bonchev–Trinajstić information content (AvgIpc) is 2.77. The number of carbonyl (C=O) groups is 1. The van der Waals surface area contributed by atoms with E-state index in [1.54, 1.807) is 0 Å². The van der Waals surface area contributed by atoms with Crippen molar-refractivity contribution in [3.63, 3.8) is 0 Å². The minimum atomic E-state index is -0.564. The van der Waals surface area contributed by atoms with Crippen molar-refractivity contribution >= 4 is 11.6 Å². The summed E-state index contributed by atoms with van der Waals surface area (Å²) in [5.41, 5.74) is 9.10. The molecular weight excluding hydrogens is 252 g/mol. The molecule has 2 aliphatic rings. The number of hydrogen-bond acceptors (Lipinski definition) is 3. The van der Waals surface area contributed by atoms with Crippen LogP contribution in [0.4, 0.5) is 5.69 Å². The monoisotopic (exact) mass is 274 g/mol. The number of rotatable bonds is 1. The van der Waals surface area contributed by atoms with Gasteiger partial charge in [-0.3, -0.25) is 4.79 Å². The number of nitrogens with two attached hydrogens (primary N) is 1. The molecule has 1 aromatic rings. The molecule has 2 aliphatic heterocycles. The van der Waals surface area contributed by atoms with E-state index in [1.807, 2.05) is 27.7 Å². The second-order valence-corrected chi connectivity index (χ2v) is 6.78. The Kier molecular flexibility index (Phi) is 2.52. The van der Waals surface area contributed by atoms with E-state index >= 15 is 0 Å². The van der Waals surface area contributed by atoms with Crippen molar-refractivity contribution in [2.75, 3.05) is 11.9 Å². The number of fused-ring (bicyclic) bond motifs is 3. The molecule has 0 fully saturated rings. The molecule has 3 N–H and O–H groups in total. The highest BCUT2D eigenvalue weighted by atomic mass is 16.5. The Hall–Kier alpha value is -1.55. The molecule has 3 rings (SSSR count). The van der Waals surface area contributed by atoms with E-state index in [0.717, 1.165) is 22.6 Å². The summed E-state index contributed by atoms with van der Waals surface area (Å²) in [6, 6.07) is 2.13. The summed E-state index contributed by atoms with van der Waals surface area (Å²) in [6.07, 6.45) is 0. The van der Waals surface area contributed by atoms with Crippen LogP contribution in [0.5, 0.6) is 5.75 Å². The van der Waals surface area contributed by atoms with Gasteiger partial charge >= 0.3 is 0 Å². The Morgan fingerprint density at radius 3 is 2.65 bits per heavy atom. The number of hydrogen-bond donors (Lipinski definition) is 2. The van der Waals surface area contributed by atoms with E-state index in [4.69, 9.17) is 10.5 Å². The van der Waals surface area contributed by atoms with Gasteiger partial charge in [-0.05, 0) is 39.3 Å². The molecule has 0 bridgehead atoms. The van der Waals surface area contributed by atoms with Crippen LogP contribution in [0.2, 0.25) is 0 Å². The van der Waals surface area contributed by atoms with Crippen LogP contribution in [-0.2, 0) is 10.2 Å². The van der Waals surface area contributed by atoms with Gasteiger partial charge in [-0.25, -0.2) is 0 Å². The minimum Gasteiger partial charge on any atom is -0.485 e. The van der Waals surface area contributed by atoms with Crippen LogP contribution in [0.25, 0.3) is 0 Å². The van der Waals surface area contributed by atoms with Crippen molar-refractivity contribution in [1.29, 1.82) is 0 Å². The van der Waals surface area contributed by atoms with E-state index in [9.17, 15) is 4.79 Å². The van der Waals surface area contributed by atoms with E-state index in [1.165, 1.54) is 5.56 Å². The average molecular weight is 274 g/mol. The SMILES string of the molecule is Cc1cc2c(c3c1NC(=O)C3(C)C)O[C@](C)(CN)[C@@H]2C. The molecule has 0 saturated carbocycles. The molecular formula is C16H22N2O2. The predicted octanol–water partition coefficient (Wildman–Crippen LogP) is 2.44. The Morgan fingerprint density at radius 2 is 2.05 bits per heavy atom. The van der Waals surface area contributed by atoms with Crippen molar-refractivity contribution in [3.8, 4) is 5.75 Å². The molecule has 2 heterocycles. The molecule has 0 radical (unpaired) electrons. The third-order valence-electron chi connectivity index (χ3n) is 5.06. The Balaban J connectivity index is 2.28. The number of carbonyl (C=O) groups excluding carboxylic acids is 1. The predicted molar refractivity (Wildman–Crippen MR) is 79.3 cm³/mol. The van der Waals surface area contributed by atoms with Gasteiger partial charge in [0.15, 0.2) is 0 Å². The fraction of sp³-hybridized carbons (Fsp3) is 0.562. The Labute approximate surface area is 119 Å². The second kappa shape index (κ2) is 3.76. The minimum absolute atomic E-state index is 0.0293. The zero-order valence-electron chi connectivity index (χ0n) is 12.8. The summed E-state index contributed by atoms with van der Waals surface area (Å²) in [6.45, 7) is 10.6. The lowest BCUT2D eigenvalue weighted by Gasteiger charge is -2.27. The maximum atomic E-state index is 12.2. The fourth-order valence-electron chi connectivity index (χ4n) is 3.27. The molecule has 0 saturated heterocycles. The number of amides is 1. The molecule has 108 valence electrons. The lowest BCUT2D eigenvalue weighted by Crippen LogP contribution is -2.41. The van der Waals surface area contributed by atoms with Crippen molar-refractivity contribution in [2.45, 2.75) is 51.6 Å². The number of benzene rings is 1. The highest BCUT2D eigenvalue weighted by Crippen LogP contribution is 2.54. The first-order chi connectivity index (χ1) is 9.22. The molecule has 4 heteroatoms. The first kappa shape index (κ1) is 13.4. The molecule has 4 nitrogen and oxygen atoms in total. The molecule has 2 atom stereocenters. The lowest BCUT2D eigenvalue weighted by molar-refractivity contribution is -0.119. The van der Waals surface area contributed by atoms with Crippen LogP contribution >= 0.6 is 0 Å². The Morgan fingerprint density at radius 1 is 1.40 bits per heavy atom. The third-order valence-corrected chi connectivity index (χ3v) is 5.06. The summed E-state index contributed by atoms with van der Waals surface area (Å²) < 4.78 is 6.22. The number of anilines is 1. The topological polar surface area (TPSA) is 64.3 Å². The van der Waals surface area contributed by atoms with E-state index < -0.39 is 11.0 Å². The summed E-state index contributed by atoms with van der Waals surface area (Å²) in [5, 5.41) is 3.00. The van der Waals surface area contributed by atoms with Crippen molar-refractivity contribution in [3.05, 3.63) is 22.8 Å². The van der Waals surface area contributed by atoms with Gasteiger partial charge in [-0.15, -0.1) is 0 Å². The Bertz CT molecular complexity index is 621. The van der Waals surface area contributed by atoms with Gasteiger partial charge in [-0.1, -0.05) is 6.92 Å². The summed E-state index contributed by atoms with van der Waals surface area (Å²) in [5.74, 6) is 1.11. The first-order valence-corrected chi connectivity index (χ1v) is 7.11. The molecule has 1 aromatic carbocycles. The van der Waals surface area contributed by atoms with Gasteiger partial charge in [0, 0.05) is 23.6 Å². The van der Waals surface area contributed by atoms with Gasteiger partial charge < -0.3 is 15.8 Å². The van der Waals surface area contributed by atoms with Crippen molar-refractivity contribution in [1.82, 2.24) is 0 Å². The van der Waals surface area contributed by atoms with Crippen LogP contribution in [0.3, 0.4) is 0 Å². The maximum absolute atomic E-state index is 12.2. The van der Waals surface area contributed by atoms with Crippen LogP contribution in [0.1, 0.15) is 50.3 Å². The number of ether oxygens (including phenoxy) is 1. The molecule has 1 amide bonds. The smallest absolute Gasteiger partial charge is 0.234 e. The molecule has 0 aliphatic carbocycles. The van der Waals surface area contributed by atoms with Crippen LogP contribution < -0.4 is 15.8 Å². The van der Waals surface area contributed by atoms with Crippen molar-refractivity contribution in [2.24, 2.45) is 5.73 Å². The van der Waals surface area contributed by atoms with Gasteiger partial charge in [-0.2, -0.15) is 0 Å². The van der Waals surface area contributed by atoms with E-state index in [0.29, 0.717) is 6.54 Å². The first-order valence-electron chi connectivity index (χ1n) is 7.11. The normalized spacial score (nSPS) is 29.7. The zero-order chi connectivity index (χ0) is 14.9. The van der Waals surface area contributed by atoms with E-state index in [2.05, 4.69) is 18.3 Å². The standard InChI is InChI=1S/C16H22N2O2/c1-8-6-10-9(2)16(5,7-17)20-13(10)11-12(8)18-14(19)15(11,3)4/h6,9H,7,17H2,1-5H3,(H,18,19)/t9-,16-/m1/s1. The molecule has 0 unspecified atom stereocenters. The maximum Gasteiger partial charge on any atom is 0.234 e. The van der Waals surface area contributed by atoms with Gasteiger partial charge in [0.2, 0.25) is 5.91 Å². The van der Waals surface area contributed by atoms with Gasteiger partial charge in [0.05, 0.1) is 11.1 Å². The molecule has 0 spiro atoms. The molecule has 0 aromatic heterocycles. The summed E-state index contributed by atoms with van der Waals surface area (Å²) in [4.78, 5) is 12.2. The zero-order valence-corrected chi connectivity index (χ0v) is 12.8. The number of nitrogens with one attached hydrogen (secondary N) is 1. The van der Waals surface area contributed by atoms with Crippen LogP contribution in [0, 0.1) is 6.92 Å². The molecule has 20 heavy (non-hydrogen) atoms. The third kappa shape index (κ3) is 1.43. The van der Waals surface area contributed by atoms with Gasteiger partial charge in [0.1, 0.15) is 11.4 Å². The highest BCUT2D eigenvalue weighted by molar-refractivity contribution is 6.07. The van der Waals surface area contributed by atoms with Crippen molar-refractivity contribution < 1.29 is 9.53 Å². The number of aryl methyl sites for hydroxylation is 1. The summed E-state index contributed by atoms with van der Waals surface area (Å²) >= 11 is 0. The van der Waals surface area contributed by atoms with E-state index in [-0.39, 0.29) is 11.8 Å². The van der Waals surface area contributed by atoms with Crippen LogP contribution in [-0.4, -0.2) is 18.1 Å². The second-order valence-electron chi connectivity index (χ2n) is 6.78. The lowest BCUT2D eigenvalue weighted by atomic mass is 9.81.